The minimum Gasteiger partial charge on any atom is -0.369 e. The van der Waals surface area contributed by atoms with E-state index in [0.29, 0.717) is 18.8 Å². The van der Waals surface area contributed by atoms with Crippen molar-refractivity contribution in [1.82, 2.24) is 0 Å². The zero-order chi connectivity index (χ0) is 13.3. The summed E-state index contributed by atoms with van der Waals surface area (Å²) in [7, 11) is -3.86. The summed E-state index contributed by atoms with van der Waals surface area (Å²) in [6.07, 6.45) is 1.60. The lowest BCUT2D eigenvalue weighted by atomic mass is 10.1. The van der Waals surface area contributed by atoms with Crippen molar-refractivity contribution < 1.29 is 12.8 Å². The monoisotopic (exact) mass is 273 g/mol. The Balaban J connectivity index is 2.25. The van der Waals surface area contributed by atoms with Gasteiger partial charge in [0.2, 0.25) is 10.0 Å². The molecule has 100 valence electrons. The van der Waals surface area contributed by atoms with Crippen molar-refractivity contribution in [2.75, 3.05) is 18.0 Å². The van der Waals surface area contributed by atoms with Crippen LogP contribution in [-0.2, 0) is 10.0 Å². The normalized spacial score (nSPS) is 18.1. The van der Waals surface area contributed by atoms with Crippen LogP contribution >= 0.6 is 0 Å². The average molecular weight is 273 g/mol. The number of halogens is 1. The van der Waals surface area contributed by atoms with Gasteiger partial charge < -0.3 is 10.6 Å². The molecule has 0 radical (unpaired) electrons. The molecule has 7 heteroatoms. The molecule has 1 aliphatic heterocycles. The van der Waals surface area contributed by atoms with Gasteiger partial charge in [0.15, 0.2) is 0 Å². The Morgan fingerprint density at radius 1 is 1.28 bits per heavy atom. The predicted octanol–water partition coefficient (Wildman–Crippen LogP) is 0.401. The topological polar surface area (TPSA) is 89.4 Å². The third-order valence-corrected chi connectivity index (χ3v) is 4.04. The zero-order valence-electron chi connectivity index (χ0n) is 9.84. The Morgan fingerprint density at radius 3 is 2.39 bits per heavy atom. The number of primary sulfonamides is 1. The summed E-state index contributed by atoms with van der Waals surface area (Å²) >= 11 is 0. The minimum atomic E-state index is -3.86. The first kappa shape index (κ1) is 13.3. The van der Waals surface area contributed by atoms with E-state index < -0.39 is 15.8 Å². The molecule has 0 aliphatic carbocycles. The molecule has 0 spiro atoms. The van der Waals surface area contributed by atoms with Crippen LogP contribution in [0.3, 0.4) is 0 Å². The average Bonchev–Trinajstić information content (AvgIpc) is 2.29. The number of nitrogens with zero attached hydrogens (tertiary/aromatic N) is 1. The summed E-state index contributed by atoms with van der Waals surface area (Å²) in [6, 6.07) is 3.89. The van der Waals surface area contributed by atoms with Crippen LogP contribution in [0.5, 0.6) is 0 Å². The second-order valence-electron chi connectivity index (χ2n) is 4.48. The molecule has 1 heterocycles. The van der Waals surface area contributed by atoms with Gasteiger partial charge in [0.05, 0.1) is 10.6 Å². The second kappa shape index (κ2) is 4.83. The molecule has 18 heavy (non-hydrogen) atoms. The molecule has 1 aliphatic rings. The van der Waals surface area contributed by atoms with E-state index in [2.05, 4.69) is 0 Å². The smallest absolute Gasteiger partial charge is 0.238 e. The summed E-state index contributed by atoms with van der Waals surface area (Å²) in [5.41, 5.74) is 6.18. The summed E-state index contributed by atoms with van der Waals surface area (Å²) < 4.78 is 36.1. The van der Waals surface area contributed by atoms with Crippen LogP contribution in [-0.4, -0.2) is 27.5 Å². The number of nitrogens with two attached hydrogens (primary N) is 2. The van der Waals surface area contributed by atoms with Crippen molar-refractivity contribution in [3.05, 3.63) is 24.0 Å². The second-order valence-corrected chi connectivity index (χ2v) is 6.04. The Morgan fingerprint density at radius 2 is 1.89 bits per heavy atom. The predicted molar refractivity (Wildman–Crippen MR) is 67.2 cm³/mol. The Bertz CT molecular complexity index is 539. The minimum absolute atomic E-state index is 0.160. The summed E-state index contributed by atoms with van der Waals surface area (Å²) in [6.45, 7) is 1.35. The van der Waals surface area contributed by atoms with Crippen molar-refractivity contribution >= 4 is 15.7 Å². The first-order valence-corrected chi connectivity index (χ1v) is 7.25. The molecular weight excluding hydrogens is 257 g/mol. The fraction of sp³-hybridized carbons (Fsp3) is 0.455. The number of piperidine rings is 1. The van der Waals surface area contributed by atoms with Gasteiger partial charge in [0.1, 0.15) is 5.82 Å². The first-order chi connectivity index (χ1) is 8.38. The standard InChI is InChI=1S/C11H16FN3O2S/c12-10-7-9(18(14,16)17)1-2-11(10)15-5-3-8(13)4-6-15/h1-2,7-8H,3-6,13H2,(H2,14,16,17). The molecule has 1 fully saturated rings. The highest BCUT2D eigenvalue weighted by atomic mass is 32.2. The highest BCUT2D eigenvalue weighted by Gasteiger charge is 2.20. The van der Waals surface area contributed by atoms with Crippen molar-refractivity contribution in [2.45, 2.75) is 23.8 Å². The van der Waals surface area contributed by atoms with Gasteiger partial charge in [0, 0.05) is 19.1 Å². The van der Waals surface area contributed by atoms with Gasteiger partial charge >= 0.3 is 0 Å². The highest BCUT2D eigenvalue weighted by Crippen LogP contribution is 2.24. The van der Waals surface area contributed by atoms with Crippen molar-refractivity contribution in [3.8, 4) is 0 Å². The van der Waals surface area contributed by atoms with Gasteiger partial charge in [0.25, 0.3) is 0 Å². The van der Waals surface area contributed by atoms with E-state index in [9.17, 15) is 12.8 Å². The number of anilines is 1. The van der Waals surface area contributed by atoms with Gasteiger partial charge in [-0.15, -0.1) is 0 Å². The van der Waals surface area contributed by atoms with E-state index in [-0.39, 0.29) is 10.9 Å². The molecule has 0 bridgehead atoms. The van der Waals surface area contributed by atoms with E-state index in [0.717, 1.165) is 18.9 Å². The number of hydrogen-bond acceptors (Lipinski definition) is 4. The van der Waals surface area contributed by atoms with Crippen LogP contribution in [0, 0.1) is 5.82 Å². The highest BCUT2D eigenvalue weighted by molar-refractivity contribution is 7.89. The molecule has 0 aromatic heterocycles. The van der Waals surface area contributed by atoms with Crippen LogP contribution in [0.4, 0.5) is 10.1 Å². The molecule has 1 aromatic rings. The molecular formula is C11H16FN3O2S. The summed E-state index contributed by atoms with van der Waals surface area (Å²) in [5, 5.41) is 4.95. The molecule has 0 atom stereocenters. The zero-order valence-corrected chi connectivity index (χ0v) is 10.7. The maximum atomic E-state index is 13.9. The molecule has 1 aromatic carbocycles. The SMILES string of the molecule is NC1CCN(c2ccc(S(N)(=O)=O)cc2F)CC1. The van der Waals surface area contributed by atoms with Crippen molar-refractivity contribution in [3.63, 3.8) is 0 Å². The Labute approximate surface area is 106 Å². The third kappa shape index (κ3) is 2.80. The maximum absolute atomic E-state index is 13.9. The molecule has 0 amide bonds. The number of sulfonamides is 1. The fourth-order valence-corrected chi connectivity index (χ4v) is 2.59. The summed E-state index contributed by atoms with van der Waals surface area (Å²) in [4.78, 5) is 1.66. The number of benzene rings is 1. The third-order valence-electron chi connectivity index (χ3n) is 3.13. The fourth-order valence-electron chi connectivity index (χ4n) is 2.06. The molecule has 1 saturated heterocycles. The molecule has 5 nitrogen and oxygen atoms in total. The van der Waals surface area contributed by atoms with Crippen molar-refractivity contribution in [2.24, 2.45) is 10.9 Å². The number of rotatable bonds is 2. The van der Waals surface area contributed by atoms with E-state index in [1.165, 1.54) is 12.1 Å². The number of hydrogen-bond donors (Lipinski definition) is 2. The van der Waals surface area contributed by atoms with E-state index in [1.807, 2.05) is 4.90 Å². The van der Waals surface area contributed by atoms with Gasteiger partial charge in [-0.05, 0) is 31.0 Å². The Hall–Kier alpha value is -1.18. The summed E-state index contributed by atoms with van der Waals surface area (Å²) in [5.74, 6) is -0.572. The molecule has 4 N–H and O–H groups in total. The molecule has 0 saturated carbocycles. The van der Waals surface area contributed by atoms with Gasteiger partial charge in [-0.25, -0.2) is 17.9 Å². The van der Waals surface area contributed by atoms with E-state index in [1.54, 1.807) is 0 Å². The van der Waals surface area contributed by atoms with Gasteiger partial charge in [-0.2, -0.15) is 0 Å². The largest absolute Gasteiger partial charge is 0.369 e. The molecule has 2 rings (SSSR count). The lowest BCUT2D eigenvalue weighted by molar-refractivity contribution is 0.493. The Kier molecular flexibility index (Phi) is 3.56. The lowest BCUT2D eigenvalue weighted by Gasteiger charge is -2.32. The van der Waals surface area contributed by atoms with Crippen LogP contribution in [0.15, 0.2) is 23.1 Å². The van der Waals surface area contributed by atoms with Gasteiger partial charge in [-0.1, -0.05) is 0 Å². The van der Waals surface area contributed by atoms with E-state index >= 15 is 0 Å². The van der Waals surface area contributed by atoms with Crippen LogP contribution in [0.1, 0.15) is 12.8 Å². The van der Waals surface area contributed by atoms with Gasteiger partial charge in [-0.3, -0.25) is 0 Å². The van der Waals surface area contributed by atoms with Crippen molar-refractivity contribution in [1.29, 1.82) is 0 Å². The molecule has 0 unspecified atom stereocenters. The first-order valence-electron chi connectivity index (χ1n) is 5.71. The van der Waals surface area contributed by atoms with Crippen LogP contribution in [0.25, 0.3) is 0 Å². The lowest BCUT2D eigenvalue weighted by Crippen LogP contribution is -2.40. The van der Waals surface area contributed by atoms with Crippen LogP contribution < -0.4 is 15.8 Å². The van der Waals surface area contributed by atoms with Crippen LogP contribution in [0.2, 0.25) is 0 Å². The maximum Gasteiger partial charge on any atom is 0.238 e. The van der Waals surface area contributed by atoms with E-state index in [4.69, 9.17) is 10.9 Å². The quantitative estimate of drug-likeness (QED) is 0.816.